The predicted molar refractivity (Wildman–Crippen MR) is 44.2 cm³/mol. The van der Waals surface area contributed by atoms with E-state index in [4.69, 9.17) is 21.1 Å². The Kier molecular flexibility index (Phi) is 1.73. The molecule has 0 fully saturated rings. The molecule has 0 amide bonds. The summed E-state index contributed by atoms with van der Waals surface area (Å²) in [5, 5.41) is 10.8. The standard InChI is InChI=1S/C7H4ClNO4/c8-4-1-5(9(10)11)7-6(2-4)12-3-13-7/h1-2H,3H2. The van der Waals surface area contributed by atoms with Gasteiger partial charge in [0.25, 0.3) is 0 Å². The lowest BCUT2D eigenvalue weighted by molar-refractivity contribution is -0.385. The number of hydrogen-bond donors (Lipinski definition) is 0. The summed E-state index contributed by atoms with van der Waals surface area (Å²) in [5.41, 5.74) is -0.167. The summed E-state index contributed by atoms with van der Waals surface area (Å²) in [4.78, 5) is 9.97. The molecule has 0 N–H and O–H groups in total. The fourth-order valence-corrected chi connectivity index (χ4v) is 1.30. The van der Waals surface area contributed by atoms with Gasteiger partial charge in [0, 0.05) is 12.1 Å². The number of nitrogens with zero attached hydrogens (tertiary/aromatic N) is 1. The maximum absolute atomic E-state index is 10.5. The highest BCUT2D eigenvalue weighted by Crippen LogP contribution is 2.42. The molecule has 0 aliphatic carbocycles. The number of rotatable bonds is 1. The molecule has 13 heavy (non-hydrogen) atoms. The van der Waals surface area contributed by atoms with Gasteiger partial charge in [-0.2, -0.15) is 0 Å². The highest BCUT2D eigenvalue weighted by atomic mass is 35.5. The summed E-state index contributed by atoms with van der Waals surface area (Å²) < 4.78 is 9.88. The maximum atomic E-state index is 10.5. The first kappa shape index (κ1) is 8.12. The van der Waals surface area contributed by atoms with Crippen LogP contribution in [0, 0.1) is 10.1 Å². The average Bonchev–Trinajstić information content (AvgIpc) is 2.49. The normalized spacial score (nSPS) is 13.0. The van der Waals surface area contributed by atoms with E-state index in [0.29, 0.717) is 5.75 Å². The molecule has 0 radical (unpaired) electrons. The number of benzene rings is 1. The van der Waals surface area contributed by atoms with Crippen LogP contribution in [0.4, 0.5) is 5.69 Å². The third-order valence-corrected chi connectivity index (χ3v) is 1.83. The Morgan fingerprint density at radius 3 is 2.92 bits per heavy atom. The molecule has 0 bridgehead atoms. The van der Waals surface area contributed by atoms with E-state index in [1.54, 1.807) is 0 Å². The van der Waals surface area contributed by atoms with E-state index in [0.717, 1.165) is 0 Å². The van der Waals surface area contributed by atoms with Crippen molar-refractivity contribution in [2.24, 2.45) is 0 Å². The molecule has 0 saturated carbocycles. The number of nitro groups is 1. The quantitative estimate of drug-likeness (QED) is 0.515. The van der Waals surface area contributed by atoms with E-state index >= 15 is 0 Å². The van der Waals surface area contributed by atoms with Gasteiger partial charge in [0.05, 0.1) is 9.95 Å². The van der Waals surface area contributed by atoms with Crippen LogP contribution in [0.25, 0.3) is 0 Å². The van der Waals surface area contributed by atoms with Crippen LogP contribution in [0.3, 0.4) is 0 Å². The third-order valence-electron chi connectivity index (χ3n) is 1.61. The lowest BCUT2D eigenvalue weighted by Crippen LogP contribution is -1.94. The number of hydrogen-bond acceptors (Lipinski definition) is 4. The highest BCUT2D eigenvalue weighted by Gasteiger charge is 2.26. The van der Waals surface area contributed by atoms with Crippen molar-refractivity contribution in [3.8, 4) is 11.5 Å². The van der Waals surface area contributed by atoms with Gasteiger partial charge >= 0.3 is 5.69 Å². The molecule has 5 nitrogen and oxygen atoms in total. The maximum Gasteiger partial charge on any atom is 0.316 e. The number of fused-ring (bicyclic) bond motifs is 1. The van der Waals surface area contributed by atoms with Gasteiger partial charge in [-0.15, -0.1) is 0 Å². The van der Waals surface area contributed by atoms with Gasteiger partial charge in [0.15, 0.2) is 5.75 Å². The highest BCUT2D eigenvalue weighted by molar-refractivity contribution is 6.31. The van der Waals surface area contributed by atoms with E-state index in [1.807, 2.05) is 0 Å². The first-order valence-corrected chi connectivity index (χ1v) is 3.80. The van der Waals surface area contributed by atoms with Crippen LogP contribution < -0.4 is 9.47 Å². The lowest BCUT2D eigenvalue weighted by atomic mass is 10.3. The second-order valence-electron chi connectivity index (χ2n) is 2.42. The zero-order valence-corrected chi connectivity index (χ0v) is 7.08. The zero-order chi connectivity index (χ0) is 9.42. The van der Waals surface area contributed by atoms with Gasteiger partial charge < -0.3 is 9.47 Å². The summed E-state index contributed by atoms with van der Waals surface area (Å²) in [6.07, 6.45) is 0. The molecule has 68 valence electrons. The van der Waals surface area contributed by atoms with Crippen molar-refractivity contribution in [1.29, 1.82) is 0 Å². The summed E-state index contributed by atoms with van der Waals surface area (Å²) in [7, 11) is 0. The van der Waals surface area contributed by atoms with Crippen LogP contribution in [0.15, 0.2) is 12.1 Å². The van der Waals surface area contributed by atoms with Gasteiger partial charge in [-0.1, -0.05) is 11.6 Å². The van der Waals surface area contributed by atoms with Crippen molar-refractivity contribution in [2.45, 2.75) is 0 Å². The molecular weight excluding hydrogens is 198 g/mol. The van der Waals surface area contributed by atoms with Crippen molar-refractivity contribution >= 4 is 17.3 Å². The Hall–Kier alpha value is -1.49. The van der Waals surface area contributed by atoms with Gasteiger partial charge in [0.2, 0.25) is 12.5 Å². The van der Waals surface area contributed by atoms with E-state index in [9.17, 15) is 10.1 Å². The summed E-state index contributed by atoms with van der Waals surface area (Å²) in [6.45, 7) is -0.00346. The van der Waals surface area contributed by atoms with Gasteiger partial charge in [-0.25, -0.2) is 0 Å². The summed E-state index contributed by atoms with van der Waals surface area (Å²) in [6, 6.07) is 2.71. The van der Waals surface area contributed by atoms with Crippen molar-refractivity contribution in [3.05, 3.63) is 27.3 Å². The second kappa shape index (κ2) is 2.77. The Bertz CT molecular complexity index is 379. The van der Waals surface area contributed by atoms with Crippen molar-refractivity contribution in [1.82, 2.24) is 0 Å². The minimum Gasteiger partial charge on any atom is -0.453 e. The SMILES string of the molecule is O=[N+]([O-])c1cc(Cl)cc2c1OCO2. The van der Waals surface area contributed by atoms with Crippen molar-refractivity contribution < 1.29 is 14.4 Å². The fraction of sp³-hybridized carbons (Fsp3) is 0.143. The number of ether oxygens (including phenoxy) is 2. The topological polar surface area (TPSA) is 61.6 Å². The lowest BCUT2D eigenvalue weighted by Gasteiger charge is -1.97. The van der Waals surface area contributed by atoms with Gasteiger partial charge in [0.1, 0.15) is 0 Å². The predicted octanol–water partition coefficient (Wildman–Crippen LogP) is 1.98. The van der Waals surface area contributed by atoms with Gasteiger partial charge in [-0.3, -0.25) is 10.1 Å². The van der Waals surface area contributed by atoms with Crippen molar-refractivity contribution in [2.75, 3.05) is 6.79 Å². The molecule has 0 aromatic heterocycles. The molecule has 1 aliphatic heterocycles. The van der Waals surface area contributed by atoms with E-state index in [1.165, 1.54) is 12.1 Å². The molecule has 2 rings (SSSR count). The second-order valence-corrected chi connectivity index (χ2v) is 2.85. The van der Waals surface area contributed by atoms with E-state index < -0.39 is 4.92 Å². The fourth-order valence-electron chi connectivity index (χ4n) is 1.09. The molecule has 0 saturated heterocycles. The molecular formula is C7H4ClNO4. The van der Waals surface area contributed by atoms with Crippen LogP contribution in [0.2, 0.25) is 5.02 Å². The Labute approximate surface area is 78.0 Å². The minimum absolute atomic E-state index is 0.00346. The Morgan fingerprint density at radius 1 is 1.46 bits per heavy atom. The summed E-state index contributed by atoms with van der Waals surface area (Å²) >= 11 is 5.63. The molecule has 1 aliphatic rings. The zero-order valence-electron chi connectivity index (χ0n) is 6.32. The van der Waals surface area contributed by atoms with Crippen molar-refractivity contribution in [3.63, 3.8) is 0 Å². The molecule has 1 aromatic carbocycles. The molecule has 6 heteroatoms. The van der Waals surface area contributed by atoms with Crippen LogP contribution in [-0.2, 0) is 0 Å². The number of halogens is 1. The van der Waals surface area contributed by atoms with E-state index in [2.05, 4.69) is 0 Å². The molecule has 1 aromatic rings. The van der Waals surface area contributed by atoms with Gasteiger partial charge in [-0.05, 0) is 0 Å². The molecule has 1 heterocycles. The molecule has 0 atom stereocenters. The summed E-state index contributed by atoms with van der Waals surface area (Å²) in [5.74, 6) is 0.466. The first-order valence-electron chi connectivity index (χ1n) is 3.42. The average molecular weight is 202 g/mol. The Morgan fingerprint density at radius 2 is 2.23 bits per heavy atom. The molecule has 0 unspecified atom stereocenters. The number of nitro benzene ring substituents is 1. The monoisotopic (exact) mass is 201 g/mol. The first-order chi connectivity index (χ1) is 6.18. The smallest absolute Gasteiger partial charge is 0.316 e. The Balaban J connectivity index is 2.62. The largest absolute Gasteiger partial charge is 0.453 e. The van der Waals surface area contributed by atoms with Crippen LogP contribution in [0.1, 0.15) is 0 Å². The third kappa shape index (κ3) is 1.27. The molecule has 0 spiro atoms. The minimum atomic E-state index is -0.556. The van der Waals surface area contributed by atoms with Crippen LogP contribution >= 0.6 is 11.6 Å². The van der Waals surface area contributed by atoms with Crippen LogP contribution in [-0.4, -0.2) is 11.7 Å². The van der Waals surface area contributed by atoms with E-state index in [-0.39, 0.29) is 23.3 Å². The van der Waals surface area contributed by atoms with Crippen LogP contribution in [0.5, 0.6) is 11.5 Å².